The maximum Gasteiger partial charge on any atom is 0.234 e. The van der Waals surface area contributed by atoms with Gasteiger partial charge in [-0.25, -0.2) is 0 Å². The van der Waals surface area contributed by atoms with E-state index in [1.165, 1.54) is 6.42 Å². The fourth-order valence-electron chi connectivity index (χ4n) is 3.11. The minimum absolute atomic E-state index is 0.412. The van der Waals surface area contributed by atoms with E-state index in [9.17, 15) is 0 Å². The third kappa shape index (κ3) is 2.70. The maximum absolute atomic E-state index is 5.21. The fourth-order valence-corrected chi connectivity index (χ4v) is 3.97. The fraction of sp³-hybridized carbons (Fsp3) is 0.438. The quantitative estimate of drug-likeness (QED) is 0.739. The predicted molar refractivity (Wildman–Crippen MR) is 90.1 cm³/mol. The van der Waals surface area contributed by atoms with Crippen LogP contribution in [-0.4, -0.2) is 52.0 Å². The molecule has 7 heteroatoms. The summed E-state index contributed by atoms with van der Waals surface area (Å²) in [4.78, 5) is 3.21. The highest BCUT2D eigenvalue weighted by Crippen LogP contribution is 2.30. The van der Waals surface area contributed by atoms with E-state index in [2.05, 4.69) is 22.1 Å². The average Bonchev–Trinajstić information content (AvgIpc) is 3.15. The molecule has 0 bridgehead atoms. The van der Waals surface area contributed by atoms with E-state index in [4.69, 9.17) is 9.84 Å². The lowest BCUT2D eigenvalue weighted by Gasteiger charge is -2.28. The van der Waals surface area contributed by atoms with Gasteiger partial charge in [0.25, 0.3) is 0 Å². The van der Waals surface area contributed by atoms with E-state index >= 15 is 0 Å². The van der Waals surface area contributed by atoms with Gasteiger partial charge in [0.15, 0.2) is 5.82 Å². The Morgan fingerprint density at radius 2 is 2.04 bits per heavy atom. The molecule has 23 heavy (non-hydrogen) atoms. The van der Waals surface area contributed by atoms with E-state index in [0.29, 0.717) is 5.92 Å². The van der Waals surface area contributed by atoms with Gasteiger partial charge in [-0.1, -0.05) is 11.3 Å². The predicted octanol–water partition coefficient (Wildman–Crippen LogP) is 2.67. The summed E-state index contributed by atoms with van der Waals surface area (Å²) in [6, 6.07) is 7.96. The number of methoxy groups -OCH3 is 1. The summed E-state index contributed by atoms with van der Waals surface area (Å²) in [7, 11) is 3.83. The molecule has 1 aliphatic rings. The summed E-state index contributed by atoms with van der Waals surface area (Å²) in [6.07, 6.45) is 2.35. The number of fused-ring (bicyclic) bond motifs is 1. The monoisotopic (exact) mass is 329 g/mol. The molecule has 0 aliphatic carbocycles. The lowest BCUT2D eigenvalue weighted by atomic mass is 9.98. The van der Waals surface area contributed by atoms with Gasteiger partial charge in [0, 0.05) is 18.0 Å². The minimum Gasteiger partial charge on any atom is -0.497 e. The van der Waals surface area contributed by atoms with Crippen LogP contribution in [0.4, 0.5) is 0 Å². The first-order chi connectivity index (χ1) is 11.2. The van der Waals surface area contributed by atoms with Crippen molar-refractivity contribution in [1.29, 1.82) is 0 Å². The first-order valence-electron chi connectivity index (χ1n) is 7.79. The number of likely N-dealkylation sites (N-methyl/N-ethyl adjacent to an activating group) is 1. The topological polar surface area (TPSA) is 55.6 Å². The van der Waals surface area contributed by atoms with E-state index in [1.807, 2.05) is 28.8 Å². The second-order valence-electron chi connectivity index (χ2n) is 5.99. The molecule has 0 N–H and O–H groups in total. The number of benzene rings is 1. The van der Waals surface area contributed by atoms with Crippen molar-refractivity contribution < 1.29 is 4.74 Å². The molecular formula is C16H19N5OS. The number of hydrogen-bond acceptors (Lipinski definition) is 6. The Morgan fingerprint density at radius 1 is 1.22 bits per heavy atom. The Hall–Kier alpha value is -1.99. The molecule has 3 heterocycles. The van der Waals surface area contributed by atoms with Crippen LogP contribution in [0.5, 0.6) is 5.75 Å². The zero-order valence-electron chi connectivity index (χ0n) is 13.3. The Morgan fingerprint density at radius 3 is 2.78 bits per heavy atom. The molecule has 6 nitrogen and oxygen atoms in total. The van der Waals surface area contributed by atoms with Gasteiger partial charge in [-0.2, -0.15) is 9.61 Å². The average molecular weight is 329 g/mol. The smallest absolute Gasteiger partial charge is 0.234 e. The Labute approximate surface area is 138 Å². The molecule has 0 radical (unpaired) electrons. The van der Waals surface area contributed by atoms with Crippen molar-refractivity contribution in [1.82, 2.24) is 24.7 Å². The summed E-state index contributed by atoms with van der Waals surface area (Å²) in [5.41, 5.74) is 1.08. The summed E-state index contributed by atoms with van der Waals surface area (Å²) >= 11 is 1.57. The van der Waals surface area contributed by atoms with Crippen LogP contribution >= 0.6 is 11.3 Å². The molecule has 120 valence electrons. The third-order valence-corrected chi connectivity index (χ3v) is 5.29. The molecule has 1 unspecified atom stereocenters. The molecule has 4 rings (SSSR count). The first kappa shape index (κ1) is 14.6. The lowest BCUT2D eigenvalue weighted by molar-refractivity contribution is 0.244. The van der Waals surface area contributed by atoms with Crippen LogP contribution in [0.15, 0.2) is 24.3 Å². The van der Waals surface area contributed by atoms with Gasteiger partial charge >= 0.3 is 0 Å². The van der Waals surface area contributed by atoms with Crippen LogP contribution in [0.3, 0.4) is 0 Å². The summed E-state index contributed by atoms with van der Waals surface area (Å²) < 4.78 is 7.13. The van der Waals surface area contributed by atoms with Crippen LogP contribution in [0, 0.1) is 0 Å². The van der Waals surface area contributed by atoms with Crippen molar-refractivity contribution in [2.24, 2.45) is 0 Å². The third-order valence-electron chi connectivity index (χ3n) is 4.34. The maximum atomic E-state index is 5.21. The largest absolute Gasteiger partial charge is 0.497 e. The molecular weight excluding hydrogens is 310 g/mol. The van der Waals surface area contributed by atoms with Crippen LogP contribution in [0.25, 0.3) is 15.5 Å². The van der Waals surface area contributed by atoms with Gasteiger partial charge in [-0.05, 0) is 50.7 Å². The lowest BCUT2D eigenvalue weighted by Crippen LogP contribution is -2.31. The number of piperidine rings is 1. The van der Waals surface area contributed by atoms with Gasteiger partial charge in [0.2, 0.25) is 4.96 Å². The minimum atomic E-state index is 0.412. The highest BCUT2D eigenvalue weighted by atomic mass is 32.1. The van der Waals surface area contributed by atoms with Gasteiger partial charge in [0.1, 0.15) is 10.8 Å². The van der Waals surface area contributed by atoms with E-state index in [1.54, 1.807) is 18.4 Å². The molecule has 3 aromatic rings. The molecule has 1 fully saturated rings. The van der Waals surface area contributed by atoms with E-state index in [-0.39, 0.29) is 0 Å². The van der Waals surface area contributed by atoms with E-state index < -0.39 is 0 Å². The Balaban J connectivity index is 1.68. The molecule has 1 aromatic carbocycles. The standard InChI is InChI=1S/C16H19N5OS/c1-20-9-3-4-12(10-20)14-17-18-16-21(14)19-15(23-16)11-5-7-13(22-2)8-6-11/h5-8,12H,3-4,9-10H2,1-2H3. The molecule has 1 aliphatic heterocycles. The summed E-state index contributed by atoms with van der Waals surface area (Å²) in [6.45, 7) is 2.18. The van der Waals surface area contributed by atoms with Gasteiger partial charge in [-0.15, -0.1) is 10.2 Å². The SMILES string of the molecule is COc1ccc(-c2nn3c(C4CCCN(C)C4)nnc3s2)cc1. The van der Waals surface area contributed by atoms with Gasteiger partial charge < -0.3 is 9.64 Å². The Kier molecular flexibility index (Phi) is 3.74. The highest BCUT2D eigenvalue weighted by Gasteiger charge is 2.25. The number of rotatable bonds is 3. The number of hydrogen-bond donors (Lipinski definition) is 0. The number of ether oxygens (including phenoxy) is 1. The first-order valence-corrected chi connectivity index (χ1v) is 8.61. The van der Waals surface area contributed by atoms with Crippen molar-refractivity contribution in [3.63, 3.8) is 0 Å². The molecule has 0 spiro atoms. The summed E-state index contributed by atoms with van der Waals surface area (Å²) in [5.74, 6) is 2.25. The van der Waals surface area contributed by atoms with Crippen molar-refractivity contribution in [3.05, 3.63) is 30.1 Å². The normalized spacial score (nSPS) is 19.3. The van der Waals surface area contributed by atoms with Crippen molar-refractivity contribution in [3.8, 4) is 16.3 Å². The van der Waals surface area contributed by atoms with Gasteiger partial charge in [0.05, 0.1) is 7.11 Å². The molecule has 2 aromatic heterocycles. The number of nitrogens with zero attached hydrogens (tertiary/aromatic N) is 5. The Bertz CT molecular complexity index is 810. The highest BCUT2D eigenvalue weighted by molar-refractivity contribution is 7.19. The van der Waals surface area contributed by atoms with Crippen LogP contribution in [-0.2, 0) is 0 Å². The van der Waals surface area contributed by atoms with Crippen LogP contribution < -0.4 is 4.74 Å². The molecule has 0 amide bonds. The second kappa shape index (κ2) is 5.90. The summed E-state index contributed by atoms with van der Waals surface area (Å²) in [5, 5.41) is 14.4. The molecule has 1 atom stereocenters. The second-order valence-corrected chi connectivity index (χ2v) is 6.95. The van der Waals surface area contributed by atoms with Gasteiger partial charge in [-0.3, -0.25) is 0 Å². The molecule has 0 saturated carbocycles. The van der Waals surface area contributed by atoms with Crippen molar-refractivity contribution >= 4 is 16.3 Å². The number of likely N-dealkylation sites (tertiary alicyclic amines) is 1. The van der Waals surface area contributed by atoms with Crippen molar-refractivity contribution in [2.75, 3.05) is 27.2 Å². The van der Waals surface area contributed by atoms with Crippen LogP contribution in [0.1, 0.15) is 24.6 Å². The number of aromatic nitrogens is 4. The zero-order valence-corrected chi connectivity index (χ0v) is 14.1. The van der Waals surface area contributed by atoms with Crippen molar-refractivity contribution in [2.45, 2.75) is 18.8 Å². The molecule has 1 saturated heterocycles. The zero-order chi connectivity index (χ0) is 15.8. The van der Waals surface area contributed by atoms with Crippen LogP contribution in [0.2, 0.25) is 0 Å². The van der Waals surface area contributed by atoms with E-state index in [0.717, 1.165) is 46.6 Å².